The average molecular weight is 965 g/mol. The van der Waals surface area contributed by atoms with Crippen LogP contribution in [0.1, 0.15) is 22.3 Å². The van der Waals surface area contributed by atoms with Gasteiger partial charge in [0.1, 0.15) is 0 Å². The average Bonchev–Trinajstić information content (AvgIpc) is 3.98. The Balaban J connectivity index is 1.08. The van der Waals surface area contributed by atoms with Gasteiger partial charge in [-0.1, -0.05) is 249 Å². The largest absolute Gasteiger partial charge is 0.311 e. The molecule has 12 aromatic carbocycles. The van der Waals surface area contributed by atoms with Crippen molar-refractivity contribution in [1.29, 1.82) is 0 Å². The predicted octanol–water partition coefficient (Wildman–Crippen LogP) is 16.8. The van der Waals surface area contributed by atoms with E-state index in [9.17, 15) is 0 Å². The van der Waals surface area contributed by atoms with Crippen LogP contribution in [0, 0.1) is 0 Å². The van der Waals surface area contributed by atoms with Gasteiger partial charge in [0.25, 0.3) is 6.71 Å². The standard InChI is InChI=1S/C73H49BN2/c1-6-20-50(21-7-1)54-34-40-60(41-35-54)75-68-46-56(52-24-10-3-11-25-52)38-44-66(68)74-67-45-39-57(53-26-12-4-13-27-53)47-69(67)76(61-42-36-55(37-43-61)51-22-8-2-9-23-51)71-49-59(48-70(75)72(71)74)73(58-28-14-5-15-29-58)64-32-18-16-30-62(64)63-31-17-19-33-65(63)73/h1-49H. The van der Waals surface area contributed by atoms with Crippen molar-refractivity contribution in [3.8, 4) is 55.6 Å². The van der Waals surface area contributed by atoms with Crippen molar-refractivity contribution in [2.24, 2.45) is 0 Å². The van der Waals surface area contributed by atoms with Gasteiger partial charge in [0.2, 0.25) is 0 Å². The van der Waals surface area contributed by atoms with Gasteiger partial charge in [0.15, 0.2) is 0 Å². The quantitative estimate of drug-likeness (QED) is 0.140. The van der Waals surface area contributed by atoms with Crippen LogP contribution in [-0.4, -0.2) is 6.71 Å². The van der Waals surface area contributed by atoms with Crippen molar-refractivity contribution >= 4 is 57.2 Å². The van der Waals surface area contributed by atoms with E-state index in [1.165, 1.54) is 117 Å². The highest BCUT2D eigenvalue weighted by Crippen LogP contribution is 2.58. The normalized spacial score (nSPS) is 13.3. The molecule has 0 radical (unpaired) electrons. The third-order valence-electron chi connectivity index (χ3n) is 16.3. The Labute approximate surface area is 445 Å². The summed E-state index contributed by atoms with van der Waals surface area (Å²) in [5.41, 5.74) is 27.1. The van der Waals surface area contributed by atoms with E-state index in [0.717, 1.165) is 11.4 Å². The van der Waals surface area contributed by atoms with E-state index in [-0.39, 0.29) is 6.71 Å². The van der Waals surface area contributed by atoms with Crippen molar-refractivity contribution in [2.75, 3.05) is 9.80 Å². The monoisotopic (exact) mass is 964 g/mol. The first-order valence-electron chi connectivity index (χ1n) is 26.4. The van der Waals surface area contributed by atoms with Gasteiger partial charge < -0.3 is 9.80 Å². The van der Waals surface area contributed by atoms with E-state index in [4.69, 9.17) is 0 Å². The molecule has 0 aromatic heterocycles. The molecule has 0 bridgehead atoms. The molecule has 2 aliphatic heterocycles. The second-order valence-electron chi connectivity index (χ2n) is 20.3. The smallest absolute Gasteiger partial charge is 0.252 e. The third-order valence-corrected chi connectivity index (χ3v) is 16.3. The van der Waals surface area contributed by atoms with Crippen LogP contribution in [-0.2, 0) is 5.41 Å². The summed E-state index contributed by atoms with van der Waals surface area (Å²) < 4.78 is 0. The lowest BCUT2D eigenvalue weighted by Crippen LogP contribution is -2.61. The van der Waals surface area contributed by atoms with Gasteiger partial charge in [0.05, 0.1) is 5.41 Å². The Hall–Kier alpha value is -9.70. The number of anilines is 6. The maximum absolute atomic E-state index is 2.58. The summed E-state index contributed by atoms with van der Waals surface area (Å²) >= 11 is 0. The number of benzene rings is 12. The molecule has 2 heterocycles. The van der Waals surface area contributed by atoms with E-state index in [1.54, 1.807) is 0 Å². The molecular weight excluding hydrogens is 916 g/mol. The number of nitrogens with zero attached hydrogens (tertiary/aromatic N) is 2. The summed E-state index contributed by atoms with van der Waals surface area (Å²) in [7, 11) is 0. The molecule has 12 aromatic rings. The van der Waals surface area contributed by atoms with E-state index >= 15 is 0 Å². The molecule has 0 unspecified atom stereocenters. The van der Waals surface area contributed by atoms with Crippen LogP contribution in [0.4, 0.5) is 34.1 Å². The zero-order valence-corrected chi connectivity index (χ0v) is 41.8. The summed E-state index contributed by atoms with van der Waals surface area (Å²) in [6.07, 6.45) is 0. The van der Waals surface area contributed by atoms with Crippen molar-refractivity contribution in [1.82, 2.24) is 0 Å². The van der Waals surface area contributed by atoms with Crippen LogP contribution in [0.15, 0.2) is 297 Å². The van der Waals surface area contributed by atoms with Crippen molar-refractivity contribution in [2.45, 2.75) is 5.41 Å². The molecule has 0 saturated heterocycles. The number of hydrogen-bond acceptors (Lipinski definition) is 2. The summed E-state index contributed by atoms with van der Waals surface area (Å²) in [6.45, 7) is -0.0887. The lowest BCUT2D eigenvalue weighted by atomic mass is 9.33. The van der Waals surface area contributed by atoms with E-state index in [1.807, 2.05) is 0 Å². The maximum Gasteiger partial charge on any atom is 0.252 e. The molecule has 0 fully saturated rings. The van der Waals surface area contributed by atoms with Crippen LogP contribution < -0.4 is 26.2 Å². The predicted molar refractivity (Wildman–Crippen MR) is 320 cm³/mol. The number of hydrogen-bond donors (Lipinski definition) is 0. The highest BCUT2D eigenvalue weighted by Gasteiger charge is 2.50. The minimum Gasteiger partial charge on any atom is -0.311 e. The molecule has 354 valence electrons. The fraction of sp³-hybridized carbons (Fsp3) is 0.0137. The Bertz CT molecular complexity index is 3900. The maximum atomic E-state index is 2.58. The number of fused-ring (bicyclic) bond motifs is 7. The first-order valence-corrected chi connectivity index (χ1v) is 26.4. The second kappa shape index (κ2) is 17.8. The second-order valence-corrected chi connectivity index (χ2v) is 20.3. The fourth-order valence-corrected chi connectivity index (χ4v) is 13.0. The van der Waals surface area contributed by atoms with Gasteiger partial charge in [-0.2, -0.15) is 0 Å². The zero-order valence-electron chi connectivity index (χ0n) is 41.8. The third kappa shape index (κ3) is 6.83. The van der Waals surface area contributed by atoms with Gasteiger partial charge in [-0.05, 0) is 143 Å². The van der Waals surface area contributed by atoms with Gasteiger partial charge in [0, 0.05) is 34.1 Å². The SMILES string of the molecule is c1ccc(-c2ccc(N3c4cc(-c5ccccc5)ccc4B4c5ccc(-c6ccccc6)cc5N(c5ccc(-c6ccccc6)cc5)c5cc(C6(c7ccccc7)c7ccccc7-c7ccccc76)cc3c54)cc2)cc1. The Kier molecular flexibility index (Phi) is 10.2. The van der Waals surface area contributed by atoms with Gasteiger partial charge >= 0.3 is 0 Å². The Morgan fingerprint density at radius 3 is 0.987 bits per heavy atom. The first kappa shape index (κ1) is 43.8. The van der Waals surface area contributed by atoms with E-state index in [0.29, 0.717) is 0 Å². The highest BCUT2D eigenvalue weighted by atomic mass is 15.2. The molecule has 0 atom stereocenters. The molecule has 76 heavy (non-hydrogen) atoms. The highest BCUT2D eigenvalue weighted by molar-refractivity contribution is 7.00. The van der Waals surface area contributed by atoms with Crippen molar-refractivity contribution in [3.05, 3.63) is 320 Å². The van der Waals surface area contributed by atoms with E-state index in [2.05, 4.69) is 307 Å². The molecule has 0 amide bonds. The van der Waals surface area contributed by atoms with Crippen LogP contribution in [0.3, 0.4) is 0 Å². The van der Waals surface area contributed by atoms with E-state index < -0.39 is 5.41 Å². The Morgan fingerprint density at radius 1 is 0.250 bits per heavy atom. The summed E-state index contributed by atoms with van der Waals surface area (Å²) in [6, 6.07) is 111. The molecule has 2 nitrogen and oxygen atoms in total. The molecule has 3 heteroatoms. The molecule has 0 spiro atoms. The minimum absolute atomic E-state index is 0.0887. The summed E-state index contributed by atoms with van der Waals surface area (Å²) in [4.78, 5) is 5.17. The molecule has 3 aliphatic rings. The molecule has 15 rings (SSSR count). The lowest BCUT2D eigenvalue weighted by Gasteiger charge is -2.46. The van der Waals surface area contributed by atoms with Crippen LogP contribution in [0.5, 0.6) is 0 Å². The van der Waals surface area contributed by atoms with Crippen molar-refractivity contribution < 1.29 is 0 Å². The van der Waals surface area contributed by atoms with Crippen molar-refractivity contribution in [3.63, 3.8) is 0 Å². The van der Waals surface area contributed by atoms with Crippen LogP contribution in [0.2, 0.25) is 0 Å². The lowest BCUT2D eigenvalue weighted by molar-refractivity contribution is 0.768. The molecule has 1 aliphatic carbocycles. The molecule has 0 saturated carbocycles. The minimum atomic E-state index is -0.667. The topological polar surface area (TPSA) is 6.48 Å². The zero-order chi connectivity index (χ0) is 50.2. The molecular formula is C73H49BN2. The fourth-order valence-electron chi connectivity index (χ4n) is 13.0. The Morgan fingerprint density at radius 2 is 0.579 bits per heavy atom. The summed E-state index contributed by atoms with van der Waals surface area (Å²) in [5.74, 6) is 0. The van der Waals surface area contributed by atoms with Gasteiger partial charge in [-0.25, -0.2) is 0 Å². The van der Waals surface area contributed by atoms with Gasteiger partial charge in [-0.3, -0.25) is 0 Å². The van der Waals surface area contributed by atoms with Gasteiger partial charge in [-0.15, -0.1) is 0 Å². The van der Waals surface area contributed by atoms with Crippen LogP contribution in [0.25, 0.3) is 55.6 Å². The first-order chi connectivity index (χ1) is 37.7. The summed E-state index contributed by atoms with van der Waals surface area (Å²) in [5, 5.41) is 0. The number of rotatable bonds is 8. The molecule has 0 N–H and O–H groups in total. The van der Waals surface area contributed by atoms with Crippen LogP contribution >= 0.6 is 0 Å².